The van der Waals surface area contributed by atoms with Crippen LogP contribution in [0.3, 0.4) is 0 Å². The molecular weight excluding hydrogens is 443 g/mol. The van der Waals surface area contributed by atoms with E-state index in [1.807, 2.05) is 25.1 Å². The Morgan fingerprint density at radius 1 is 1.32 bits per heavy atom. The van der Waals surface area contributed by atoms with Crippen LogP contribution in [0.25, 0.3) is 0 Å². The molecule has 0 aromatic heterocycles. The van der Waals surface area contributed by atoms with Crippen LogP contribution in [0.15, 0.2) is 34.8 Å². The molecule has 0 fully saturated rings. The maximum Gasteiger partial charge on any atom is 0.129 e. The van der Waals surface area contributed by atoms with Gasteiger partial charge in [0.15, 0.2) is 0 Å². The first kappa shape index (κ1) is 15.2. The molecule has 0 amide bonds. The quantitative estimate of drug-likeness (QED) is 0.490. The first-order valence-electron chi connectivity index (χ1n) is 5.57. The minimum absolute atomic E-state index is 0.360. The third-order valence-corrected chi connectivity index (χ3v) is 5.60. The molecule has 0 aliphatic heterocycles. The van der Waals surface area contributed by atoms with Crippen LogP contribution >= 0.6 is 50.1 Å². The van der Waals surface area contributed by atoms with Crippen molar-refractivity contribution in [3.63, 3.8) is 0 Å². The van der Waals surface area contributed by atoms with Crippen molar-refractivity contribution >= 4 is 50.1 Å². The van der Waals surface area contributed by atoms with Crippen molar-refractivity contribution in [2.24, 2.45) is 5.73 Å². The first-order chi connectivity index (χ1) is 8.91. The summed E-state index contributed by atoms with van der Waals surface area (Å²) in [4.78, 5) is 0. The lowest BCUT2D eigenvalue weighted by molar-refractivity contribution is 0.598. The molecule has 0 saturated heterocycles. The summed E-state index contributed by atoms with van der Waals surface area (Å²) in [5.74, 6) is -0.360. The van der Waals surface area contributed by atoms with E-state index in [0.29, 0.717) is 15.1 Å². The molecule has 2 N–H and O–H groups in total. The van der Waals surface area contributed by atoms with Crippen LogP contribution in [0.4, 0.5) is 4.39 Å². The van der Waals surface area contributed by atoms with E-state index in [1.165, 1.54) is 6.07 Å². The van der Waals surface area contributed by atoms with E-state index < -0.39 is 6.04 Å². The summed E-state index contributed by atoms with van der Waals surface area (Å²) in [5.41, 5.74) is 8.61. The summed E-state index contributed by atoms with van der Waals surface area (Å²) >= 11 is 11.4. The van der Waals surface area contributed by atoms with Gasteiger partial charge in [0.2, 0.25) is 0 Å². The Hall–Kier alpha value is -0.170. The highest BCUT2D eigenvalue weighted by Crippen LogP contribution is 2.32. The van der Waals surface area contributed by atoms with Crippen molar-refractivity contribution in [2.75, 3.05) is 0 Å². The number of aryl methyl sites for hydroxylation is 1. The molecule has 0 radical (unpaired) electrons. The Balaban J connectivity index is 2.53. The second-order valence-corrected chi connectivity index (χ2v) is 6.58. The fourth-order valence-electron chi connectivity index (χ4n) is 1.85. The normalized spacial score (nSPS) is 12.5. The van der Waals surface area contributed by atoms with Crippen LogP contribution in [0.5, 0.6) is 0 Å². The number of nitrogens with two attached hydrogens (primary N) is 1. The van der Waals surface area contributed by atoms with Gasteiger partial charge in [-0.15, -0.1) is 0 Å². The Bertz CT molecular complexity index is 633. The van der Waals surface area contributed by atoms with Gasteiger partial charge in [-0.3, -0.25) is 0 Å². The summed E-state index contributed by atoms with van der Waals surface area (Å²) in [7, 11) is 0. The van der Waals surface area contributed by atoms with E-state index in [2.05, 4.69) is 38.5 Å². The van der Waals surface area contributed by atoms with E-state index in [9.17, 15) is 4.39 Å². The summed E-state index contributed by atoms with van der Waals surface area (Å²) in [6.45, 7) is 2.00. The molecule has 100 valence electrons. The van der Waals surface area contributed by atoms with E-state index in [-0.39, 0.29) is 5.82 Å². The third kappa shape index (κ3) is 3.12. The van der Waals surface area contributed by atoms with Crippen LogP contribution < -0.4 is 5.73 Å². The lowest BCUT2D eigenvalue weighted by Gasteiger charge is -2.17. The van der Waals surface area contributed by atoms with Gasteiger partial charge in [0.1, 0.15) is 5.82 Å². The molecule has 2 aromatic carbocycles. The van der Waals surface area contributed by atoms with Crippen LogP contribution in [-0.4, -0.2) is 0 Å². The summed E-state index contributed by atoms with van der Waals surface area (Å²) in [6, 6.07) is 8.23. The largest absolute Gasteiger partial charge is 0.320 e. The van der Waals surface area contributed by atoms with Gasteiger partial charge < -0.3 is 5.73 Å². The number of hydrogen-bond acceptors (Lipinski definition) is 1. The fraction of sp³-hybridized carbons (Fsp3) is 0.143. The fourth-order valence-corrected chi connectivity index (χ4v) is 3.04. The van der Waals surface area contributed by atoms with Crippen LogP contribution in [0, 0.1) is 16.3 Å². The molecule has 1 nitrogen and oxygen atoms in total. The Morgan fingerprint density at radius 2 is 2.00 bits per heavy atom. The Morgan fingerprint density at radius 3 is 2.68 bits per heavy atom. The second kappa shape index (κ2) is 6.08. The highest BCUT2D eigenvalue weighted by atomic mass is 127. The molecule has 0 spiro atoms. The lowest BCUT2D eigenvalue weighted by Crippen LogP contribution is -2.15. The smallest absolute Gasteiger partial charge is 0.129 e. The van der Waals surface area contributed by atoms with Crippen LogP contribution in [0.2, 0.25) is 5.02 Å². The molecule has 5 heteroatoms. The van der Waals surface area contributed by atoms with Gasteiger partial charge in [-0.2, -0.15) is 0 Å². The zero-order valence-corrected chi connectivity index (χ0v) is 14.6. The lowest BCUT2D eigenvalue weighted by atomic mass is 9.98. The van der Waals surface area contributed by atoms with E-state index in [4.69, 9.17) is 17.3 Å². The van der Waals surface area contributed by atoms with Crippen LogP contribution in [0.1, 0.15) is 22.7 Å². The first-order valence-corrected chi connectivity index (χ1v) is 7.82. The van der Waals surface area contributed by atoms with Crippen molar-refractivity contribution in [3.05, 3.63) is 65.9 Å². The number of rotatable bonds is 2. The minimum Gasteiger partial charge on any atom is -0.320 e. The number of hydrogen-bond donors (Lipinski definition) is 1. The van der Waals surface area contributed by atoms with Gasteiger partial charge >= 0.3 is 0 Å². The molecule has 19 heavy (non-hydrogen) atoms. The molecule has 2 aromatic rings. The molecule has 0 aliphatic rings. The van der Waals surface area contributed by atoms with Gasteiger partial charge in [-0.1, -0.05) is 29.8 Å². The maximum atomic E-state index is 14.0. The average Bonchev–Trinajstić information content (AvgIpc) is 2.36. The molecule has 0 saturated carbocycles. The van der Waals surface area contributed by atoms with Crippen molar-refractivity contribution in [2.45, 2.75) is 13.0 Å². The third-order valence-electron chi connectivity index (χ3n) is 2.93. The predicted octanol–water partition coefficient (Wildman–Crippen LogP) is 5.20. The Labute approximate surface area is 138 Å². The molecule has 1 atom stereocenters. The maximum absolute atomic E-state index is 14.0. The standard InChI is InChI=1S/C14H11BrClFIN/c1-7-3-2-4-8(13(7)18)14(19)9-5-11(16)10(15)6-12(9)17/h2-6,14H,19H2,1H3. The van der Waals surface area contributed by atoms with Crippen molar-refractivity contribution in [3.8, 4) is 0 Å². The molecule has 0 bridgehead atoms. The zero-order chi connectivity index (χ0) is 14.2. The van der Waals surface area contributed by atoms with E-state index >= 15 is 0 Å². The topological polar surface area (TPSA) is 26.0 Å². The van der Waals surface area contributed by atoms with Gasteiger partial charge in [0, 0.05) is 13.6 Å². The molecule has 0 aliphatic carbocycles. The van der Waals surface area contributed by atoms with Gasteiger partial charge in [-0.05, 0) is 68.7 Å². The monoisotopic (exact) mass is 453 g/mol. The summed E-state index contributed by atoms with van der Waals surface area (Å²) < 4.78 is 15.6. The highest BCUT2D eigenvalue weighted by Gasteiger charge is 2.18. The summed E-state index contributed by atoms with van der Waals surface area (Å²) in [6.07, 6.45) is 0. The predicted molar refractivity (Wildman–Crippen MR) is 89.0 cm³/mol. The number of benzene rings is 2. The van der Waals surface area contributed by atoms with Crippen molar-refractivity contribution in [1.29, 1.82) is 0 Å². The van der Waals surface area contributed by atoms with Gasteiger partial charge in [-0.25, -0.2) is 4.39 Å². The van der Waals surface area contributed by atoms with Crippen molar-refractivity contribution < 1.29 is 4.39 Å². The SMILES string of the molecule is Cc1cccc(C(N)c2cc(Cl)c(Br)cc2F)c1I. The molecule has 0 heterocycles. The van der Waals surface area contributed by atoms with Crippen LogP contribution in [-0.2, 0) is 0 Å². The van der Waals surface area contributed by atoms with Crippen molar-refractivity contribution in [1.82, 2.24) is 0 Å². The zero-order valence-electron chi connectivity index (χ0n) is 10.1. The van der Waals surface area contributed by atoms with E-state index in [1.54, 1.807) is 6.07 Å². The average molecular weight is 455 g/mol. The second-order valence-electron chi connectivity index (χ2n) is 4.24. The minimum atomic E-state index is -0.530. The van der Waals surface area contributed by atoms with E-state index in [0.717, 1.165) is 14.7 Å². The molecule has 2 rings (SSSR count). The summed E-state index contributed by atoms with van der Waals surface area (Å²) in [5, 5.41) is 0.453. The molecular formula is C14H11BrClFIN. The van der Waals surface area contributed by atoms with Gasteiger partial charge in [0.05, 0.1) is 11.1 Å². The van der Waals surface area contributed by atoms with Gasteiger partial charge in [0.25, 0.3) is 0 Å². The number of halogens is 4. The molecule has 1 unspecified atom stereocenters. The Kier molecular flexibility index (Phi) is 4.87. The highest BCUT2D eigenvalue weighted by molar-refractivity contribution is 14.1.